The third kappa shape index (κ3) is 5.02. The topological polar surface area (TPSA) is 52.7 Å². The minimum absolute atomic E-state index is 0.200. The molecule has 1 N–H and O–H groups in total. The number of nitrogens with zero attached hydrogens (tertiary/aromatic N) is 2. The number of hydrogen-bond donors (Lipinski definition) is 1. The van der Waals surface area contributed by atoms with E-state index >= 15 is 0 Å². The zero-order chi connectivity index (χ0) is 14.3. The van der Waals surface area contributed by atoms with E-state index in [9.17, 15) is 8.42 Å². The predicted molar refractivity (Wildman–Crippen MR) is 79.3 cm³/mol. The second-order valence-corrected chi connectivity index (χ2v) is 7.48. The second-order valence-electron chi connectivity index (χ2n) is 5.39. The first kappa shape index (κ1) is 16.9. The number of rotatable bonds is 9. The van der Waals surface area contributed by atoms with Gasteiger partial charge >= 0.3 is 0 Å². The highest BCUT2D eigenvalue weighted by Gasteiger charge is 2.31. The molecular formula is C13H29N3O2S. The first-order valence-electron chi connectivity index (χ1n) is 7.40. The normalized spacial score (nSPS) is 17.7. The molecule has 0 aromatic rings. The lowest BCUT2D eigenvalue weighted by Gasteiger charge is -2.28. The summed E-state index contributed by atoms with van der Waals surface area (Å²) in [6.45, 7) is 4.58. The van der Waals surface area contributed by atoms with Gasteiger partial charge in [-0.2, -0.15) is 17.0 Å². The van der Waals surface area contributed by atoms with E-state index in [1.807, 2.05) is 0 Å². The van der Waals surface area contributed by atoms with Crippen molar-refractivity contribution in [2.45, 2.75) is 51.5 Å². The van der Waals surface area contributed by atoms with Crippen LogP contribution in [0.5, 0.6) is 0 Å². The molecule has 6 heteroatoms. The fourth-order valence-electron chi connectivity index (χ4n) is 2.52. The van der Waals surface area contributed by atoms with E-state index in [0.29, 0.717) is 6.54 Å². The van der Waals surface area contributed by atoms with E-state index < -0.39 is 10.2 Å². The van der Waals surface area contributed by atoms with Crippen molar-refractivity contribution in [2.24, 2.45) is 0 Å². The van der Waals surface area contributed by atoms with E-state index in [2.05, 4.69) is 12.2 Å². The minimum atomic E-state index is -3.28. The molecule has 0 saturated heterocycles. The lowest BCUT2D eigenvalue weighted by Crippen LogP contribution is -2.44. The van der Waals surface area contributed by atoms with Gasteiger partial charge in [0.05, 0.1) is 0 Å². The monoisotopic (exact) mass is 291 g/mol. The molecule has 0 aliphatic heterocycles. The van der Waals surface area contributed by atoms with Gasteiger partial charge in [-0.05, 0) is 38.8 Å². The molecule has 1 aliphatic rings. The molecular weight excluding hydrogens is 262 g/mol. The molecule has 114 valence electrons. The molecule has 0 amide bonds. The van der Waals surface area contributed by atoms with Crippen LogP contribution in [0.15, 0.2) is 0 Å². The Morgan fingerprint density at radius 1 is 1.16 bits per heavy atom. The summed E-state index contributed by atoms with van der Waals surface area (Å²) < 4.78 is 27.8. The van der Waals surface area contributed by atoms with Gasteiger partial charge in [0.1, 0.15) is 0 Å². The maximum Gasteiger partial charge on any atom is 0.281 e. The lowest BCUT2D eigenvalue weighted by molar-refractivity contribution is 0.332. The van der Waals surface area contributed by atoms with Crippen LogP contribution in [0.3, 0.4) is 0 Å². The van der Waals surface area contributed by atoms with Crippen LogP contribution in [0.4, 0.5) is 0 Å². The maximum absolute atomic E-state index is 12.4. The third-order valence-corrected chi connectivity index (χ3v) is 5.85. The van der Waals surface area contributed by atoms with Crippen molar-refractivity contribution in [3.63, 3.8) is 0 Å². The Morgan fingerprint density at radius 2 is 1.79 bits per heavy atom. The van der Waals surface area contributed by atoms with Crippen LogP contribution in [0, 0.1) is 0 Å². The van der Waals surface area contributed by atoms with Crippen molar-refractivity contribution >= 4 is 10.2 Å². The second kappa shape index (κ2) is 8.19. The van der Waals surface area contributed by atoms with E-state index in [0.717, 1.165) is 51.6 Å². The lowest BCUT2D eigenvalue weighted by atomic mass is 10.3. The van der Waals surface area contributed by atoms with Gasteiger partial charge in [-0.3, -0.25) is 0 Å². The van der Waals surface area contributed by atoms with Gasteiger partial charge in [-0.1, -0.05) is 19.8 Å². The van der Waals surface area contributed by atoms with Crippen LogP contribution in [-0.4, -0.2) is 56.8 Å². The average molecular weight is 291 g/mol. The van der Waals surface area contributed by atoms with Crippen molar-refractivity contribution in [1.29, 1.82) is 0 Å². The Bertz CT molecular complexity index is 340. The summed E-state index contributed by atoms with van der Waals surface area (Å²) in [7, 11) is 0.124. The van der Waals surface area contributed by atoms with Crippen molar-refractivity contribution in [3.8, 4) is 0 Å². The molecule has 1 fully saturated rings. The molecule has 0 aromatic heterocycles. The van der Waals surface area contributed by atoms with Crippen molar-refractivity contribution in [3.05, 3.63) is 0 Å². The van der Waals surface area contributed by atoms with Crippen molar-refractivity contribution in [2.75, 3.05) is 33.7 Å². The largest absolute Gasteiger partial charge is 0.317 e. The molecule has 0 bridgehead atoms. The van der Waals surface area contributed by atoms with E-state index in [1.54, 1.807) is 18.4 Å². The SMILES string of the molecule is CCCNCCCN(C)S(=O)(=O)N(C)C1CCCC1. The first-order chi connectivity index (χ1) is 9.00. The van der Waals surface area contributed by atoms with Crippen molar-refractivity contribution in [1.82, 2.24) is 13.9 Å². The maximum atomic E-state index is 12.4. The molecule has 0 radical (unpaired) electrons. The summed E-state index contributed by atoms with van der Waals surface area (Å²) in [5.41, 5.74) is 0. The molecule has 19 heavy (non-hydrogen) atoms. The van der Waals surface area contributed by atoms with E-state index in [-0.39, 0.29) is 6.04 Å². The van der Waals surface area contributed by atoms with Gasteiger partial charge < -0.3 is 5.32 Å². The van der Waals surface area contributed by atoms with Crippen LogP contribution in [-0.2, 0) is 10.2 Å². The molecule has 0 aromatic carbocycles. The third-order valence-electron chi connectivity index (χ3n) is 3.85. The first-order valence-corrected chi connectivity index (χ1v) is 8.80. The highest BCUT2D eigenvalue weighted by atomic mass is 32.2. The zero-order valence-corrected chi connectivity index (χ0v) is 13.4. The molecule has 1 rings (SSSR count). The predicted octanol–water partition coefficient (Wildman–Crippen LogP) is 1.43. The standard InChI is InChI=1S/C13H29N3O2S/c1-4-10-14-11-7-12-15(2)19(17,18)16(3)13-8-5-6-9-13/h13-14H,4-12H2,1-3H3. The fraction of sp³-hybridized carbons (Fsp3) is 1.00. The van der Waals surface area contributed by atoms with Crippen LogP contribution in [0.25, 0.3) is 0 Å². The van der Waals surface area contributed by atoms with E-state index in [1.165, 1.54) is 4.31 Å². The smallest absolute Gasteiger partial charge is 0.281 e. The Labute approximate surface area is 118 Å². The molecule has 1 saturated carbocycles. The summed E-state index contributed by atoms with van der Waals surface area (Å²) in [5.74, 6) is 0. The van der Waals surface area contributed by atoms with Crippen molar-refractivity contribution < 1.29 is 8.42 Å². The highest BCUT2D eigenvalue weighted by molar-refractivity contribution is 7.86. The molecule has 0 spiro atoms. The van der Waals surface area contributed by atoms with Crippen LogP contribution in [0.2, 0.25) is 0 Å². The molecule has 0 unspecified atom stereocenters. The van der Waals surface area contributed by atoms with E-state index in [4.69, 9.17) is 0 Å². The Balaban J connectivity index is 2.37. The van der Waals surface area contributed by atoms with Gasteiger partial charge in [0.15, 0.2) is 0 Å². The highest BCUT2D eigenvalue weighted by Crippen LogP contribution is 2.25. The van der Waals surface area contributed by atoms with Crippen LogP contribution < -0.4 is 5.32 Å². The molecule has 0 heterocycles. The Morgan fingerprint density at radius 3 is 2.37 bits per heavy atom. The quantitative estimate of drug-likeness (QED) is 0.654. The average Bonchev–Trinajstić information content (AvgIpc) is 2.91. The van der Waals surface area contributed by atoms with Gasteiger partial charge in [0.25, 0.3) is 10.2 Å². The summed E-state index contributed by atoms with van der Waals surface area (Å²) in [4.78, 5) is 0. The Hall–Kier alpha value is -0.170. The summed E-state index contributed by atoms with van der Waals surface area (Å²) in [6, 6.07) is 0.200. The van der Waals surface area contributed by atoms with Crippen LogP contribution >= 0.6 is 0 Å². The zero-order valence-electron chi connectivity index (χ0n) is 12.6. The molecule has 5 nitrogen and oxygen atoms in total. The molecule has 1 aliphatic carbocycles. The van der Waals surface area contributed by atoms with Gasteiger partial charge in [0.2, 0.25) is 0 Å². The molecule has 0 atom stereocenters. The van der Waals surface area contributed by atoms with Gasteiger partial charge in [-0.25, -0.2) is 0 Å². The summed E-state index contributed by atoms with van der Waals surface area (Å²) >= 11 is 0. The number of nitrogens with one attached hydrogen (secondary N) is 1. The summed E-state index contributed by atoms with van der Waals surface area (Å²) in [6.07, 6.45) is 6.26. The minimum Gasteiger partial charge on any atom is -0.317 e. The summed E-state index contributed by atoms with van der Waals surface area (Å²) in [5, 5.41) is 3.29. The van der Waals surface area contributed by atoms with Gasteiger partial charge in [0, 0.05) is 26.7 Å². The fourth-order valence-corrected chi connectivity index (χ4v) is 3.91. The Kier molecular flexibility index (Phi) is 7.28. The number of hydrogen-bond acceptors (Lipinski definition) is 3. The van der Waals surface area contributed by atoms with Crippen LogP contribution in [0.1, 0.15) is 45.4 Å². The van der Waals surface area contributed by atoms with Gasteiger partial charge in [-0.15, -0.1) is 0 Å².